The topological polar surface area (TPSA) is 58.9 Å². The summed E-state index contributed by atoms with van der Waals surface area (Å²) in [7, 11) is 0. The van der Waals surface area contributed by atoms with E-state index in [-0.39, 0.29) is 5.75 Å². The fourth-order valence-electron chi connectivity index (χ4n) is 2.58. The maximum atomic E-state index is 11.8. The molecule has 0 atom stereocenters. The molecule has 0 amide bonds. The maximum Gasteiger partial charge on any atom is 0.363 e. The molecule has 0 bridgehead atoms. The van der Waals surface area contributed by atoms with Crippen LogP contribution in [0.4, 0.5) is 0 Å². The molecule has 1 N–H and O–H groups in total. The molecule has 0 saturated heterocycles. The van der Waals surface area contributed by atoms with E-state index in [4.69, 9.17) is 4.74 Å². The molecular formula is C21H27NO3. The third-order valence-corrected chi connectivity index (χ3v) is 4.01. The summed E-state index contributed by atoms with van der Waals surface area (Å²) < 4.78 is 5.21. The van der Waals surface area contributed by atoms with Crippen LogP contribution in [0.1, 0.15) is 63.9 Å². The van der Waals surface area contributed by atoms with Crippen molar-refractivity contribution in [2.75, 3.05) is 0 Å². The van der Waals surface area contributed by atoms with Gasteiger partial charge in [0.2, 0.25) is 0 Å². The summed E-state index contributed by atoms with van der Waals surface area (Å²) in [5.74, 6) is 0.277. The molecule has 0 aliphatic carbocycles. The van der Waals surface area contributed by atoms with E-state index in [0.717, 1.165) is 24.8 Å². The van der Waals surface area contributed by atoms with Crippen LogP contribution in [0.3, 0.4) is 0 Å². The number of hydrogen-bond donors (Lipinski definition) is 1. The van der Waals surface area contributed by atoms with Crippen molar-refractivity contribution in [3.8, 4) is 5.75 Å². The third-order valence-electron chi connectivity index (χ3n) is 4.01. The molecule has 1 heterocycles. The number of allylic oxidation sites excluding steroid dienone is 2. The summed E-state index contributed by atoms with van der Waals surface area (Å²) in [5, 5.41) is 9.28. The van der Waals surface area contributed by atoms with Crippen molar-refractivity contribution in [2.45, 2.75) is 58.3 Å². The van der Waals surface area contributed by atoms with Gasteiger partial charge in [0.15, 0.2) is 11.6 Å². The van der Waals surface area contributed by atoms with Crippen molar-refractivity contribution in [1.82, 2.24) is 0 Å². The summed E-state index contributed by atoms with van der Waals surface area (Å²) in [6, 6.07) is 6.61. The van der Waals surface area contributed by atoms with Gasteiger partial charge in [-0.3, -0.25) is 0 Å². The summed E-state index contributed by atoms with van der Waals surface area (Å²) in [5.41, 5.74) is 1.12. The lowest BCUT2D eigenvalue weighted by molar-refractivity contribution is -0.130. The average Bonchev–Trinajstić information content (AvgIpc) is 2.95. The zero-order valence-electron chi connectivity index (χ0n) is 14.9. The summed E-state index contributed by atoms with van der Waals surface area (Å²) in [6.07, 6.45) is 15.0. The Bertz CT molecular complexity index is 642. The Hall–Kier alpha value is -2.36. The average molecular weight is 341 g/mol. The van der Waals surface area contributed by atoms with Crippen molar-refractivity contribution in [3.05, 3.63) is 47.7 Å². The van der Waals surface area contributed by atoms with E-state index < -0.39 is 5.97 Å². The molecule has 0 radical (unpaired) electrons. The first-order valence-electron chi connectivity index (χ1n) is 9.14. The van der Waals surface area contributed by atoms with E-state index >= 15 is 0 Å². The number of benzene rings is 1. The molecular weight excluding hydrogens is 314 g/mol. The molecule has 0 spiro atoms. The van der Waals surface area contributed by atoms with Crippen molar-refractivity contribution >= 4 is 17.9 Å². The molecule has 1 aliphatic rings. The fourth-order valence-corrected chi connectivity index (χ4v) is 2.58. The van der Waals surface area contributed by atoms with Gasteiger partial charge in [0, 0.05) is 6.42 Å². The molecule has 1 aromatic rings. The molecule has 0 unspecified atom stereocenters. The standard InChI is InChI=1S/C21H27NO3/c1-2-3-4-5-6-7-8-9-10-11-20-22-19(21(24)25-20)16-17-12-14-18(23)15-13-17/h7-8,12-16,23H,2-6,9-11H2,1H3/b8-7-,19-16?. The number of carbonyl (C=O) groups is 1. The number of unbranched alkanes of at least 4 members (excludes halogenated alkanes) is 5. The van der Waals surface area contributed by atoms with Crippen LogP contribution in [-0.4, -0.2) is 17.0 Å². The minimum Gasteiger partial charge on any atom is -0.508 e. The molecule has 4 nitrogen and oxygen atoms in total. The van der Waals surface area contributed by atoms with Crippen LogP contribution in [0.2, 0.25) is 0 Å². The molecule has 2 rings (SSSR count). The summed E-state index contributed by atoms with van der Waals surface area (Å²) in [4.78, 5) is 16.1. The van der Waals surface area contributed by atoms with E-state index in [2.05, 4.69) is 24.1 Å². The number of nitrogens with zero attached hydrogens (tertiary/aromatic N) is 1. The summed E-state index contributed by atoms with van der Waals surface area (Å²) in [6.45, 7) is 2.22. The van der Waals surface area contributed by atoms with Gasteiger partial charge in [-0.05, 0) is 49.5 Å². The van der Waals surface area contributed by atoms with E-state index in [1.807, 2.05) is 0 Å². The number of aliphatic imine (C=N–C) groups is 1. The maximum absolute atomic E-state index is 11.8. The molecule has 1 aliphatic heterocycles. The minimum absolute atomic E-state index is 0.193. The molecule has 0 fully saturated rings. The number of carbonyl (C=O) groups excluding carboxylic acids is 1. The Morgan fingerprint density at radius 2 is 1.76 bits per heavy atom. The first-order chi connectivity index (χ1) is 12.2. The number of hydrogen-bond acceptors (Lipinski definition) is 4. The molecule has 25 heavy (non-hydrogen) atoms. The number of cyclic esters (lactones) is 1. The van der Waals surface area contributed by atoms with E-state index in [0.29, 0.717) is 18.0 Å². The van der Waals surface area contributed by atoms with E-state index in [1.54, 1.807) is 30.3 Å². The van der Waals surface area contributed by atoms with Crippen LogP contribution in [0, 0.1) is 0 Å². The van der Waals surface area contributed by atoms with Crippen molar-refractivity contribution < 1.29 is 14.6 Å². The lowest BCUT2D eigenvalue weighted by Crippen LogP contribution is -2.03. The lowest BCUT2D eigenvalue weighted by Gasteiger charge is -1.97. The SMILES string of the molecule is CCCCCC/C=C\CCCC1=NC(=Cc2ccc(O)cc2)C(=O)O1. The molecule has 1 aromatic carbocycles. The first kappa shape index (κ1) is 19.0. The van der Waals surface area contributed by atoms with Crippen LogP contribution in [0.5, 0.6) is 5.75 Å². The van der Waals surface area contributed by atoms with Crippen molar-refractivity contribution in [2.24, 2.45) is 4.99 Å². The Morgan fingerprint density at radius 1 is 1.04 bits per heavy atom. The van der Waals surface area contributed by atoms with Gasteiger partial charge in [0.25, 0.3) is 0 Å². The number of phenolic OH excluding ortho intramolecular Hbond substituents is 1. The van der Waals surface area contributed by atoms with Crippen molar-refractivity contribution in [3.63, 3.8) is 0 Å². The van der Waals surface area contributed by atoms with Gasteiger partial charge in [0.1, 0.15) is 5.75 Å². The number of ether oxygens (including phenoxy) is 1. The van der Waals surface area contributed by atoms with E-state index in [1.165, 1.54) is 25.7 Å². The Balaban J connectivity index is 1.73. The highest BCUT2D eigenvalue weighted by Crippen LogP contribution is 2.19. The monoisotopic (exact) mass is 341 g/mol. The third kappa shape index (κ3) is 6.96. The molecule has 4 heteroatoms. The number of aromatic hydroxyl groups is 1. The lowest BCUT2D eigenvalue weighted by atomic mass is 10.1. The number of rotatable bonds is 10. The van der Waals surface area contributed by atoms with Crippen LogP contribution in [0.15, 0.2) is 47.1 Å². The van der Waals surface area contributed by atoms with Crippen LogP contribution >= 0.6 is 0 Å². The Morgan fingerprint density at radius 3 is 2.48 bits per heavy atom. The molecule has 134 valence electrons. The largest absolute Gasteiger partial charge is 0.508 e. The Kier molecular flexibility index (Phi) is 7.96. The highest BCUT2D eigenvalue weighted by molar-refractivity contribution is 6.07. The van der Waals surface area contributed by atoms with Gasteiger partial charge in [-0.1, -0.05) is 50.5 Å². The van der Waals surface area contributed by atoms with Crippen LogP contribution in [-0.2, 0) is 9.53 Å². The quantitative estimate of drug-likeness (QED) is 0.269. The normalized spacial score (nSPS) is 15.8. The van der Waals surface area contributed by atoms with Gasteiger partial charge in [-0.25, -0.2) is 9.79 Å². The summed E-state index contributed by atoms with van der Waals surface area (Å²) >= 11 is 0. The zero-order valence-corrected chi connectivity index (χ0v) is 14.9. The molecule has 0 aromatic heterocycles. The second-order valence-corrected chi connectivity index (χ2v) is 6.23. The predicted octanol–water partition coefficient (Wildman–Crippen LogP) is 5.39. The first-order valence-corrected chi connectivity index (χ1v) is 9.14. The second kappa shape index (κ2) is 10.5. The number of phenols is 1. The Labute approximate surface area is 149 Å². The van der Waals surface area contributed by atoms with Crippen molar-refractivity contribution in [1.29, 1.82) is 0 Å². The minimum atomic E-state index is -0.408. The zero-order chi connectivity index (χ0) is 17.9. The van der Waals surface area contributed by atoms with Crippen LogP contribution in [0.25, 0.3) is 6.08 Å². The van der Waals surface area contributed by atoms with Crippen LogP contribution < -0.4 is 0 Å². The van der Waals surface area contributed by atoms with E-state index in [9.17, 15) is 9.90 Å². The molecule has 0 saturated carbocycles. The second-order valence-electron chi connectivity index (χ2n) is 6.23. The van der Waals surface area contributed by atoms with Gasteiger partial charge in [0.05, 0.1) is 0 Å². The van der Waals surface area contributed by atoms with Gasteiger partial charge in [-0.2, -0.15) is 0 Å². The smallest absolute Gasteiger partial charge is 0.363 e. The number of esters is 1. The van der Waals surface area contributed by atoms with Gasteiger partial charge >= 0.3 is 5.97 Å². The fraction of sp³-hybridized carbons (Fsp3) is 0.429. The van der Waals surface area contributed by atoms with Gasteiger partial charge in [-0.15, -0.1) is 0 Å². The predicted molar refractivity (Wildman–Crippen MR) is 101 cm³/mol. The highest BCUT2D eigenvalue weighted by Gasteiger charge is 2.22. The highest BCUT2D eigenvalue weighted by atomic mass is 16.6. The van der Waals surface area contributed by atoms with Gasteiger partial charge < -0.3 is 9.84 Å².